The van der Waals surface area contributed by atoms with E-state index in [-0.39, 0.29) is 12.2 Å². The smallest absolute Gasteiger partial charge is 0.0921 e. The minimum atomic E-state index is -0.814. The summed E-state index contributed by atoms with van der Waals surface area (Å²) in [4.78, 5) is 0. The van der Waals surface area contributed by atoms with Gasteiger partial charge in [0.25, 0.3) is 0 Å². The summed E-state index contributed by atoms with van der Waals surface area (Å²) >= 11 is 0. The summed E-state index contributed by atoms with van der Waals surface area (Å²) in [6, 6.07) is 42.7. The van der Waals surface area contributed by atoms with Gasteiger partial charge >= 0.3 is 0 Å². The Labute approximate surface area is 205 Å². The van der Waals surface area contributed by atoms with Crippen molar-refractivity contribution < 1.29 is 9.05 Å². The second-order valence-electron chi connectivity index (χ2n) is 8.54. The Morgan fingerprint density at radius 1 is 0.382 bits per heavy atom. The lowest BCUT2D eigenvalue weighted by molar-refractivity contribution is 0.0990. The minimum Gasteiger partial charge on any atom is -0.346 e. The molecule has 1 saturated carbocycles. The van der Waals surface area contributed by atoms with Crippen molar-refractivity contribution in [2.45, 2.75) is 37.9 Å². The lowest BCUT2D eigenvalue weighted by atomic mass is 9.95. The first-order valence-corrected chi connectivity index (χ1v) is 14.5. The van der Waals surface area contributed by atoms with Crippen molar-refractivity contribution in [3.63, 3.8) is 0 Å². The molecule has 1 aliphatic carbocycles. The number of rotatable bonds is 8. The van der Waals surface area contributed by atoms with E-state index in [0.717, 1.165) is 25.7 Å². The Hall–Kier alpha value is -2.34. The summed E-state index contributed by atoms with van der Waals surface area (Å²) in [5.74, 6) is 0. The van der Waals surface area contributed by atoms with Gasteiger partial charge in [-0.2, -0.15) is 0 Å². The van der Waals surface area contributed by atoms with Gasteiger partial charge in [-0.3, -0.25) is 0 Å². The van der Waals surface area contributed by atoms with Crippen LogP contribution >= 0.6 is 16.3 Å². The van der Waals surface area contributed by atoms with Crippen LogP contribution in [0.3, 0.4) is 0 Å². The van der Waals surface area contributed by atoms with Crippen LogP contribution in [0.15, 0.2) is 121 Å². The molecule has 0 aliphatic heterocycles. The van der Waals surface area contributed by atoms with E-state index in [2.05, 4.69) is 121 Å². The van der Waals surface area contributed by atoms with Crippen LogP contribution in [-0.4, -0.2) is 12.2 Å². The highest BCUT2D eigenvalue weighted by atomic mass is 31.1. The molecule has 1 fully saturated rings. The van der Waals surface area contributed by atoms with E-state index in [1.165, 1.54) is 21.2 Å². The molecule has 0 heterocycles. The summed E-state index contributed by atoms with van der Waals surface area (Å²) in [6.45, 7) is 0. The van der Waals surface area contributed by atoms with Crippen LogP contribution in [0.25, 0.3) is 0 Å². The molecule has 1 aliphatic rings. The second-order valence-corrected chi connectivity index (χ2v) is 12.2. The molecular weight excluding hydrogens is 454 g/mol. The highest BCUT2D eigenvalue weighted by Gasteiger charge is 2.29. The summed E-state index contributed by atoms with van der Waals surface area (Å²) in [5.41, 5.74) is 0. The third-order valence-electron chi connectivity index (χ3n) is 6.09. The number of hydrogen-bond acceptors (Lipinski definition) is 2. The third kappa shape index (κ3) is 6.01. The molecule has 4 heteroatoms. The van der Waals surface area contributed by atoms with Gasteiger partial charge in [0.05, 0.1) is 28.5 Å². The quantitative estimate of drug-likeness (QED) is 0.269. The zero-order valence-corrected chi connectivity index (χ0v) is 21.0. The molecule has 0 atom stereocenters. The Balaban J connectivity index is 1.25. The van der Waals surface area contributed by atoms with E-state index in [1.54, 1.807) is 0 Å². The van der Waals surface area contributed by atoms with E-state index in [9.17, 15) is 0 Å². The molecule has 0 bridgehead atoms. The van der Waals surface area contributed by atoms with Crippen molar-refractivity contribution >= 4 is 37.5 Å². The van der Waals surface area contributed by atoms with E-state index in [1.807, 2.05) is 0 Å². The van der Waals surface area contributed by atoms with Gasteiger partial charge < -0.3 is 9.05 Å². The molecule has 0 aromatic heterocycles. The third-order valence-corrected chi connectivity index (χ3v) is 10.2. The second kappa shape index (κ2) is 11.9. The van der Waals surface area contributed by atoms with Gasteiger partial charge in [-0.05, 0) is 25.7 Å². The monoisotopic (exact) mass is 484 g/mol. The number of benzene rings is 4. The molecule has 34 heavy (non-hydrogen) atoms. The maximum Gasteiger partial charge on any atom is 0.0921 e. The zero-order valence-electron chi connectivity index (χ0n) is 19.2. The normalized spacial score (nSPS) is 18.3. The van der Waals surface area contributed by atoms with Gasteiger partial charge in [-0.1, -0.05) is 121 Å². The van der Waals surface area contributed by atoms with Crippen LogP contribution in [0.2, 0.25) is 0 Å². The SMILES string of the molecule is c1ccc(P(OC2CCC(OP(c3ccccc3)c3ccccc3)CC2)c2ccccc2)cc1. The highest BCUT2D eigenvalue weighted by Crippen LogP contribution is 2.43. The molecule has 0 spiro atoms. The van der Waals surface area contributed by atoms with Crippen molar-refractivity contribution in [3.8, 4) is 0 Å². The highest BCUT2D eigenvalue weighted by molar-refractivity contribution is 7.68. The molecular formula is C30H30O2P2. The van der Waals surface area contributed by atoms with Gasteiger partial charge in [0.2, 0.25) is 0 Å². The first kappa shape index (κ1) is 23.4. The Bertz CT molecular complexity index is 944. The maximum absolute atomic E-state index is 6.80. The number of hydrogen-bond donors (Lipinski definition) is 0. The molecule has 5 rings (SSSR count). The van der Waals surface area contributed by atoms with Gasteiger partial charge in [-0.25, -0.2) is 0 Å². The Morgan fingerprint density at radius 3 is 0.853 bits per heavy atom. The Kier molecular flexibility index (Phi) is 8.17. The van der Waals surface area contributed by atoms with Crippen LogP contribution in [0, 0.1) is 0 Å². The zero-order chi connectivity index (χ0) is 23.0. The van der Waals surface area contributed by atoms with Crippen LogP contribution < -0.4 is 21.2 Å². The lowest BCUT2D eigenvalue weighted by Gasteiger charge is -2.33. The topological polar surface area (TPSA) is 18.5 Å². The average Bonchev–Trinajstić information content (AvgIpc) is 2.93. The molecule has 172 valence electrons. The molecule has 4 aromatic carbocycles. The van der Waals surface area contributed by atoms with Crippen molar-refractivity contribution in [2.75, 3.05) is 0 Å². The largest absolute Gasteiger partial charge is 0.346 e. The molecule has 2 nitrogen and oxygen atoms in total. The van der Waals surface area contributed by atoms with E-state index >= 15 is 0 Å². The van der Waals surface area contributed by atoms with Gasteiger partial charge in [0.1, 0.15) is 0 Å². The average molecular weight is 485 g/mol. The van der Waals surface area contributed by atoms with E-state index < -0.39 is 16.3 Å². The molecule has 0 saturated heterocycles. The molecule has 0 N–H and O–H groups in total. The fraction of sp³-hybridized carbons (Fsp3) is 0.200. The lowest BCUT2D eigenvalue weighted by Crippen LogP contribution is -2.28. The summed E-state index contributed by atoms with van der Waals surface area (Å²) in [5, 5.41) is 5.11. The predicted molar refractivity (Wildman–Crippen MR) is 146 cm³/mol. The van der Waals surface area contributed by atoms with E-state index in [4.69, 9.17) is 9.05 Å². The minimum absolute atomic E-state index is 0.269. The maximum atomic E-state index is 6.80. The van der Waals surface area contributed by atoms with Crippen LogP contribution in [-0.2, 0) is 9.05 Å². The summed E-state index contributed by atoms with van der Waals surface area (Å²) in [7, 11) is -1.63. The van der Waals surface area contributed by atoms with Crippen molar-refractivity contribution in [1.29, 1.82) is 0 Å². The Morgan fingerprint density at radius 2 is 0.618 bits per heavy atom. The van der Waals surface area contributed by atoms with Gasteiger partial charge in [0, 0.05) is 21.2 Å². The summed E-state index contributed by atoms with van der Waals surface area (Å²) in [6.07, 6.45) is 4.69. The molecule has 0 unspecified atom stereocenters. The van der Waals surface area contributed by atoms with Crippen LogP contribution in [0.1, 0.15) is 25.7 Å². The van der Waals surface area contributed by atoms with Crippen molar-refractivity contribution in [2.24, 2.45) is 0 Å². The standard InChI is InChI=1S/C30H30O2P2/c1-5-13-27(14-6-1)33(28-15-7-2-8-16-28)31-25-21-23-26(24-22-25)32-34(29-17-9-3-10-18-29)30-19-11-4-12-20-30/h1-20,25-26H,21-24H2. The van der Waals surface area contributed by atoms with Gasteiger partial charge in [0.15, 0.2) is 0 Å². The van der Waals surface area contributed by atoms with Crippen molar-refractivity contribution in [3.05, 3.63) is 121 Å². The molecule has 4 aromatic rings. The predicted octanol–water partition coefficient (Wildman–Crippen LogP) is 6.43. The van der Waals surface area contributed by atoms with Crippen LogP contribution in [0.4, 0.5) is 0 Å². The van der Waals surface area contributed by atoms with E-state index in [0.29, 0.717) is 0 Å². The molecule has 0 radical (unpaired) electrons. The van der Waals surface area contributed by atoms with Crippen LogP contribution in [0.5, 0.6) is 0 Å². The van der Waals surface area contributed by atoms with Gasteiger partial charge in [-0.15, -0.1) is 0 Å². The van der Waals surface area contributed by atoms with Crippen molar-refractivity contribution in [1.82, 2.24) is 0 Å². The fourth-order valence-electron chi connectivity index (χ4n) is 4.34. The first-order chi connectivity index (χ1) is 16.9. The first-order valence-electron chi connectivity index (χ1n) is 12.0. The fourth-order valence-corrected chi connectivity index (χ4v) is 8.21. The molecule has 0 amide bonds. The summed E-state index contributed by atoms with van der Waals surface area (Å²) < 4.78 is 13.6.